The first kappa shape index (κ1) is 17.2. The Bertz CT molecular complexity index is 443. The molecule has 5 heteroatoms. The summed E-state index contributed by atoms with van der Waals surface area (Å²) in [6, 6.07) is 7.04. The van der Waals surface area contributed by atoms with Crippen LogP contribution in [0.15, 0.2) is 24.3 Å². The van der Waals surface area contributed by atoms with Gasteiger partial charge in [0.15, 0.2) is 5.78 Å². The zero-order valence-corrected chi connectivity index (χ0v) is 12.6. The summed E-state index contributed by atoms with van der Waals surface area (Å²) in [6.45, 7) is 3.81. The summed E-state index contributed by atoms with van der Waals surface area (Å²) in [6.07, 6.45) is 2.11. The summed E-state index contributed by atoms with van der Waals surface area (Å²) in [5.41, 5.74) is 5.95. The van der Waals surface area contributed by atoms with Crippen molar-refractivity contribution in [3.63, 3.8) is 0 Å². The fourth-order valence-electron chi connectivity index (χ4n) is 1.75. The van der Waals surface area contributed by atoms with E-state index in [4.69, 9.17) is 10.5 Å². The lowest BCUT2D eigenvalue weighted by Gasteiger charge is -2.06. The Labute approximate surface area is 125 Å². The molecule has 0 bridgehead atoms. The highest BCUT2D eigenvalue weighted by atomic mass is 16.5. The molecular weight excluding hydrogens is 268 g/mol. The normalized spacial score (nSPS) is 10.2. The molecule has 0 atom stereocenters. The van der Waals surface area contributed by atoms with Crippen molar-refractivity contribution in [3.05, 3.63) is 29.8 Å². The van der Waals surface area contributed by atoms with E-state index in [-0.39, 0.29) is 24.5 Å². The van der Waals surface area contributed by atoms with E-state index in [0.29, 0.717) is 25.3 Å². The molecule has 116 valence electrons. The summed E-state index contributed by atoms with van der Waals surface area (Å²) < 4.78 is 5.46. The van der Waals surface area contributed by atoms with Crippen LogP contribution in [0.5, 0.6) is 5.75 Å². The van der Waals surface area contributed by atoms with Crippen molar-refractivity contribution in [2.75, 3.05) is 19.7 Å². The third kappa shape index (κ3) is 6.90. The van der Waals surface area contributed by atoms with Crippen LogP contribution in [0.25, 0.3) is 0 Å². The van der Waals surface area contributed by atoms with E-state index in [2.05, 4.69) is 5.32 Å². The first-order valence-corrected chi connectivity index (χ1v) is 7.40. The molecule has 0 spiro atoms. The highest BCUT2D eigenvalue weighted by molar-refractivity contribution is 5.98. The average Bonchev–Trinajstić information content (AvgIpc) is 2.51. The molecule has 0 aliphatic heterocycles. The molecule has 0 fully saturated rings. The van der Waals surface area contributed by atoms with Crippen molar-refractivity contribution in [1.82, 2.24) is 5.32 Å². The minimum atomic E-state index is -0.111. The Morgan fingerprint density at radius 2 is 1.90 bits per heavy atom. The van der Waals surface area contributed by atoms with E-state index >= 15 is 0 Å². The average molecular weight is 292 g/mol. The second kappa shape index (κ2) is 9.94. The molecule has 1 rings (SSSR count). The molecule has 0 aromatic heterocycles. The van der Waals surface area contributed by atoms with Gasteiger partial charge in [0.1, 0.15) is 5.75 Å². The van der Waals surface area contributed by atoms with Crippen LogP contribution in [0.3, 0.4) is 0 Å². The van der Waals surface area contributed by atoms with Gasteiger partial charge in [0.25, 0.3) is 0 Å². The molecule has 3 N–H and O–H groups in total. The Hall–Kier alpha value is -1.88. The molecule has 5 nitrogen and oxygen atoms in total. The fourth-order valence-corrected chi connectivity index (χ4v) is 1.75. The number of carbonyl (C=O) groups is 2. The second-order valence-corrected chi connectivity index (χ2v) is 4.79. The Kier molecular flexibility index (Phi) is 8.12. The second-order valence-electron chi connectivity index (χ2n) is 4.79. The minimum Gasteiger partial charge on any atom is -0.494 e. The molecule has 0 unspecified atom stereocenters. The third-order valence-electron chi connectivity index (χ3n) is 2.93. The smallest absolute Gasteiger partial charge is 0.220 e. The molecule has 0 heterocycles. The SMILES string of the molecule is CCCOc1ccc(C(=O)CCC(=O)NCCCN)cc1. The van der Waals surface area contributed by atoms with Gasteiger partial charge in [-0.2, -0.15) is 0 Å². The van der Waals surface area contributed by atoms with Gasteiger partial charge < -0.3 is 15.8 Å². The maximum Gasteiger partial charge on any atom is 0.220 e. The van der Waals surface area contributed by atoms with Crippen molar-refractivity contribution in [3.8, 4) is 5.75 Å². The number of nitrogens with two attached hydrogens (primary N) is 1. The first-order chi connectivity index (χ1) is 10.2. The molecule has 1 aromatic rings. The maximum absolute atomic E-state index is 12.0. The molecule has 1 amide bonds. The highest BCUT2D eigenvalue weighted by Crippen LogP contribution is 2.14. The number of nitrogens with one attached hydrogen (secondary N) is 1. The predicted molar refractivity (Wildman–Crippen MR) is 82.5 cm³/mol. The van der Waals surface area contributed by atoms with E-state index in [1.165, 1.54) is 0 Å². The monoisotopic (exact) mass is 292 g/mol. The number of rotatable bonds is 10. The number of hydrogen-bond donors (Lipinski definition) is 2. The van der Waals surface area contributed by atoms with Crippen molar-refractivity contribution >= 4 is 11.7 Å². The number of ketones is 1. The largest absolute Gasteiger partial charge is 0.494 e. The van der Waals surface area contributed by atoms with Crippen LogP contribution >= 0.6 is 0 Å². The zero-order chi connectivity index (χ0) is 15.5. The lowest BCUT2D eigenvalue weighted by atomic mass is 10.1. The first-order valence-electron chi connectivity index (χ1n) is 7.40. The standard InChI is InChI=1S/C16H24N2O3/c1-2-12-21-14-6-4-13(5-7-14)15(19)8-9-16(20)18-11-3-10-17/h4-7H,2-3,8-12,17H2,1H3,(H,18,20). The predicted octanol–water partition coefficient (Wildman–Crippen LogP) is 1.90. The van der Waals surface area contributed by atoms with Gasteiger partial charge in [-0.1, -0.05) is 6.92 Å². The summed E-state index contributed by atoms with van der Waals surface area (Å²) in [5.74, 6) is 0.610. The summed E-state index contributed by atoms with van der Waals surface area (Å²) in [4.78, 5) is 23.5. The molecule has 0 radical (unpaired) electrons. The number of carbonyl (C=O) groups excluding carboxylic acids is 2. The molecule has 21 heavy (non-hydrogen) atoms. The van der Waals surface area contributed by atoms with Gasteiger partial charge in [-0.05, 0) is 43.7 Å². The lowest BCUT2D eigenvalue weighted by molar-refractivity contribution is -0.121. The summed E-state index contributed by atoms with van der Waals surface area (Å²) >= 11 is 0. The number of Topliss-reactive ketones (excluding diaryl/α,β-unsaturated/α-hetero) is 1. The van der Waals surface area contributed by atoms with Crippen molar-refractivity contribution in [1.29, 1.82) is 0 Å². The van der Waals surface area contributed by atoms with Crippen molar-refractivity contribution < 1.29 is 14.3 Å². The molecule has 1 aromatic carbocycles. The van der Waals surface area contributed by atoms with Gasteiger partial charge in [0.2, 0.25) is 5.91 Å². The maximum atomic E-state index is 12.0. The van der Waals surface area contributed by atoms with Gasteiger partial charge in [-0.3, -0.25) is 9.59 Å². The highest BCUT2D eigenvalue weighted by Gasteiger charge is 2.09. The van der Waals surface area contributed by atoms with Gasteiger partial charge in [-0.15, -0.1) is 0 Å². The number of hydrogen-bond acceptors (Lipinski definition) is 4. The van der Waals surface area contributed by atoms with Gasteiger partial charge in [-0.25, -0.2) is 0 Å². The molecule has 0 saturated heterocycles. The lowest BCUT2D eigenvalue weighted by Crippen LogP contribution is -2.26. The summed E-state index contributed by atoms with van der Waals surface area (Å²) in [7, 11) is 0. The van der Waals surface area contributed by atoms with Gasteiger partial charge >= 0.3 is 0 Å². The van der Waals surface area contributed by atoms with E-state index in [1.54, 1.807) is 24.3 Å². The van der Waals surface area contributed by atoms with Crippen LogP contribution in [-0.2, 0) is 4.79 Å². The van der Waals surface area contributed by atoms with E-state index in [9.17, 15) is 9.59 Å². The number of ether oxygens (including phenoxy) is 1. The van der Waals surface area contributed by atoms with Crippen LogP contribution < -0.4 is 15.8 Å². The van der Waals surface area contributed by atoms with Gasteiger partial charge in [0.05, 0.1) is 6.61 Å². The van der Waals surface area contributed by atoms with Crippen LogP contribution in [0.2, 0.25) is 0 Å². The fraction of sp³-hybridized carbons (Fsp3) is 0.500. The quantitative estimate of drug-likeness (QED) is 0.510. The van der Waals surface area contributed by atoms with Crippen LogP contribution in [-0.4, -0.2) is 31.4 Å². The van der Waals surface area contributed by atoms with E-state index in [1.807, 2.05) is 6.92 Å². The molecule has 0 saturated carbocycles. The third-order valence-corrected chi connectivity index (χ3v) is 2.93. The van der Waals surface area contributed by atoms with Crippen molar-refractivity contribution in [2.45, 2.75) is 32.6 Å². The van der Waals surface area contributed by atoms with E-state index < -0.39 is 0 Å². The molecule has 0 aliphatic rings. The number of benzene rings is 1. The van der Waals surface area contributed by atoms with Gasteiger partial charge in [0, 0.05) is 24.9 Å². The number of amides is 1. The van der Waals surface area contributed by atoms with E-state index in [0.717, 1.165) is 18.6 Å². The molecular formula is C16H24N2O3. The molecule has 0 aliphatic carbocycles. The van der Waals surface area contributed by atoms with Crippen LogP contribution in [0.1, 0.15) is 43.0 Å². The Balaban J connectivity index is 2.36. The Morgan fingerprint density at radius 1 is 1.19 bits per heavy atom. The van der Waals surface area contributed by atoms with Crippen LogP contribution in [0.4, 0.5) is 0 Å². The zero-order valence-electron chi connectivity index (χ0n) is 12.6. The topological polar surface area (TPSA) is 81.4 Å². The summed E-state index contributed by atoms with van der Waals surface area (Å²) in [5, 5.41) is 2.73. The Morgan fingerprint density at radius 3 is 2.52 bits per heavy atom. The van der Waals surface area contributed by atoms with Crippen molar-refractivity contribution in [2.24, 2.45) is 5.73 Å². The van der Waals surface area contributed by atoms with Crippen LogP contribution in [0, 0.1) is 0 Å². The minimum absolute atomic E-state index is 0.0361.